The Hall–Kier alpha value is -1.82. The van der Waals surface area contributed by atoms with Gasteiger partial charge in [0.05, 0.1) is 15.4 Å². The lowest BCUT2D eigenvalue weighted by atomic mass is 10.3. The lowest BCUT2D eigenvalue weighted by molar-refractivity contribution is 0.0696. The number of aromatic carboxylic acids is 1. The van der Waals surface area contributed by atoms with Crippen LogP contribution in [0.4, 0.5) is 0 Å². The van der Waals surface area contributed by atoms with E-state index in [9.17, 15) is 4.79 Å². The third kappa shape index (κ3) is 1.99. The third-order valence-electron chi connectivity index (χ3n) is 1.74. The molecule has 0 amide bonds. The Balaban J connectivity index is 2.35. The average Bonchev–Trinajstić information content (AvgIpc) is 2.65. The molecule has 2 aromatic heterocycles. The predicted octanol–water partition coefficient (Wildman–Crippen LogP) is 1.61. The summed E-state index contributed by atoms with van der Waals surface area (Å²) in [6.07, 6.45) is 4.26. The standard InChI is InChI=1S/C9H7N3O2S/c1-5-10-4-7(15-5)8-11-2-6(3-12-8)9(13)14/h2-4H,1H3,(H,13,14). The molecule has 0 aliphatic heterocycles. The maximum atomic E-state index is 10.6. The largest absolute Gasteiger partial charge is 0.478 e. The van der Waals surface area contributed by atoms with Crippen LogP contribution in [-0.2, 0) is 0 Å². The van der Waals surface area contributed by atoms with Gasteiger partial charge in [-0.1, -0.05) is 0 Å². The van der Waals surface area contributed by atoms with Gasteiger partial charge in [-0.25, -0.2) is 19.7 Å². The van der Waals surface area contributed by atoms with Gasteiger partial charge in [0, 0.05) is 18.6 Å². The number of aromatic nitrogens is 3. The Morgan fingerprint density at radius 3 is 2.40 bits per heavy atom. The molecule has 0 saturated carbocycles. The van der Waals surface area contributed by atoms with Gasteiger partial charge in [0.1, 0.15) is 0 Å². The zero-order valence-corrected chi connectivity index (χ0v) is 8.65. The van der Waals surface area contributed by atoms with Gasteiger partial charge in [-0.2, -0.15) is 0 Å². The Kier molecular flexibility index (Phi) is 2.42. The van der Waals surface area contributed by atoms with Crippen LogP contribution >= 0.6 is 11.3 Å². The zero-order chi connectivity index (χ0) is 10.8. The molecule has 0 atom stereocenters. The predicted molar refractivity (Wildman–Crippen MR) is 54.8 cm³/mol. The van der Waals surface area contributed by atoms with E-state index in [1.807, 2.05) is 6.92 Å². The van der Waals surface area contributed by atoms with Crippen molar-refractivity contribution in [1.29, 1.82) is 0 Å². The molecule has 15 heavy (non-hydrogen) atoms. The molecule has 0 aliphatic carbocycles. The molecule has 0 aromatic carbocycles. The molecular formula is C9H7N3O2S. The van der Waals surface area contributed by atoms with E-state index in [1.165, 1.54) is 23.7 Å². The van der Waals surface area contributed by atoms with Gasteiger partial charge in [0.15, 0.2) is 5.82 Å². The molecule has 6 heteroatoms. The molecule has 0 radical (unpaired) electrons. The fourth-order valence-corrected chi connectivity index (χ4v) is 1.76. The molecule has 2 rings (SSSR count). The summed E-state index contributed by atoms with van der Waals surface area (Å²) in [5, 5.41) is 9.59. The molecule has 1 N–H and O–H groups in total. The summed E-state index contributed by atoms with van der Waals surface area (Å²) in [4.78, 5) is 23.4. The van der Waals surface area contributed by atoms with Crippen LogP contribution in [0.2, 0.25) is 0 Å². The van der Waals surface area contributed by atoms with E-state index in [-0.39, 0.29) is 5.56 Å². The molecule has 76 valence electrons. The monoisotopic (exact) mass is 221 g/mol. The van der Waals surface area contributed by atoms with Gasteiger partial charge in [-0.15, -0.1) is 11.3 Å². The molecule has 0 bridgehead atoms. The van der Waals surface area contributed by atoms with Crippen molar-refractivity contribution in [3.63, 3.8) is 0 Å². The number of carboxylic acid groups (broad SMARTS) is 1. The van der Waals surface area contributed by atoms with Crippen LogP contribution in [0.1, 0.15) is 15.4 Å². The van der Waals surface area contributed by atoms with Crippen LogP contribution < -0.4 is 0 Å². The lowest BCUT2D eigenvalue weighted by Crippen LogP contribution is -1.98. The van der Waals surface area contributed by atoms with E-state index in [0.717, 1.165) is 9.88 Å². The van der Waals surface area contributed by atoms with Crippen LogP contribution in [0.15, 0.2) is 18.6 Å². The molecule has 0 saturated heterocycles. The molecule has 0 unspecified atom stereocenters. The molecule has 0 spiro atoms. The van der Waals surface area contributed by atoms with Crippen LogP contribution in [0.25, 0.3) is 10.7 Å². The molecule has 5 nitrogen and oxygen atoms in total. The van der Waals surface area contributed by atoms with Crippen LogP contribution in [-0.4, -0.2) is 26.0 Å². The first-order valence-electron chi connectivity index (χ1n) is 4.15. The topological polar surface area (TPSA) is 76.0 Å². The minimum Gasteiger partial charge on any atom is -0.478 e. The second kappa shape index (κ2) is 3.74. The van der Waals surface area contributed by atoms with Gasteiger partial charge in [-0.3, -0.25) is 0 Å². The van der Waals surface area contributed by atoms with Crippen molar-refractivity contribution in [1.82, 2.24) is 15.0 Å². The van der Waals surface area contributed by atoms with Crippen molar-refractivity contribution >= 4 is 17.3 Å². The quantitative estimate of drug-likeness (QED) is 0.833. The summed E-state index contributed by atoms with van der Waals surface area (Å²) in [5.41, 5.74) is 0.0833. The van der Waals surface area contributed by atoms with Crippen molar-refractivity contribution in [3.05, 3.63) is 29.2 Å². The summed E-state index contributed by atoms with van der Waals surface area (Å²) in [5.74, 6) is -0.521. The van der Waals surface area contributed by atoms with E-state index in [0.29, 0.717) is 5.82 Å². The Morgan fingerprint density at radius 1 is 1.27 bits per heavy atom. The van der Waals surface area contributed by atoms with E-state index >= 15 is 0 Å². The van der Waals surface area contributed by atoms with Crippen molar-refractivity contribution in [2.24, 2.45) is 0 Å². The van der Waals surface area contributed by atoms with Gasteiger partial charge in [-0.05, 0) is 6.92 Å². The van der Waals surface area contributed by atoms with Crippen molar-refractivity contribution in [2.45, 2.75) is 6.92 Å². The van der Waals surface area contributed by atoms with Crippen molar-refractivity contribution in [2.75, 3.05) is 0 Å². The minimum absolute atomic E-state index is 0.0833. The number of hydrogen-bond donors (Lipinski definition) is 1. The fraction of sp³-hybridized carbons (Fsp3) is 0.111. The zero-order valence-electron chi connectivity index (χ0n) is 7.84. The molecular weight excluding hydrogens is 214 g/mol. The number of thiazole rings is 1. The second-order valence-electron chi connectivity index (χ2n) is 2.84. The minimum atomic E-state index is -1.03. The maximum Gasteiger partial charge on any atom is 0.338 e. The molecule has 2 aromatic rings. The second-order valence-corrected chi connectivity index (χ2v) is 4.08. The summed E-state index contributed by atoms with van der Waals surface area (Å²) in [6, 6.07) is 0. The number of aryl methyl sites for hydroxylation is 1. The summed E-state index contributed by atoms with van der Waals surface area (Å²) < 4.78 is 0. The normalized spacial score (nSPS) is 10.2. The first-order chi connectivity index (χ1) is 7.16. The van der Waals surface area contributed by atoms with Gasteiger partial charge in [0.2, 0.25) is 0 Å². The van der Waals surface area contributed by atoms with E-state index < -0.39 is 5.97 Å². The first kappa shape index (κ1) is 9.72. The summed E-state index contributed by atoms with van der Waals surface area (Å²) >= 11 is 1.47. The van der Waals surface area contributed by atoms with E-state index in [1.54, 1.807) is 6.20 Å². The maximum absolute atomic E-state index is 10.6. The number of nitrogens with zero attached hydrogens (tertiary/aromatic N) is 3. The lowest BCUT2D eigenvalue weighted by Gasteiger charge is -1.95. The van der Waals surface area contributed by atoms with Crippen LogP contribution in [0.3, 0.4) is 0 Å². The van der Waals surface area contributed by atoms with E-state index in [2.05, 4.69) is 15.0 Å². The van der Waals surface area contributed by atoms with Gasteiger partial charge < -0.3 is 5.11 Å². The van der Waals surface area contributed by atoms with Crippen molar-refractivity contribution in [3.8, 4) is 10.7 Å². The van der Waals surface area contributed by atoms with Gasteiger partial charge >= 0.3 is 5.97 Å². The number of carboxylic acids is 1. The summed E-state index contributed by atoms with van der Waals surface area (Å²) in [7, 11) is 0. The Labute approximate surface area is 89.5 Å². The molecule has 0 aliphatic rings. The fourth-order valence-electron chi connectivity index (χ4n) is 1.03. The first-order valence-corrected chi connectivity index (χ1v) is 4.96. The SMILES string of the molecule is Cc1ncc(-c2ncc(C(=O)O)cn2)s1. The number of carbonyl (C=O) groups is 1. The van der Waals surface area contributed by atoms with Crippen LogP contribution in [0.5, 0.6) is 0 Å². The smallest absolute Gasteiger partial charge is 0.338 e. The highest BCUT2D eigenvalue weighted by Crippen LogP contribution is 2.21. The number of rotatable bonds is 2. The molecule has 2 heterocycles. The summed E-state index contributed by atoms with van der Waals surface area (Å²) in [6.45, 7) is 1.89. The van der Waals surface area contributed by atoms with E-state index in [4.69, 9.17) is 5.11 Å². The third-order valence-corrected chi connectivity index (χ3v) is 2.65. The average molecular weight is 221 g/mol. The number of hydrogen-bond acceptors (Lipinski definition) is 5. The van der Waals surface area contributed by atoms with Gasteiger partial charge in [0.25, 0.3) is 0 Å². The highest BCUT2D eigenvalue weighted by molar-refractivity contribution is 7.14. The Bertz CT molecular complexity index is 492. The molecule has 0 fully saturated rings. The van der Waals surface area contributed by atoms with Crippen LogP contribution in [0, 0.1) is 6.92 Å². The van der Waals surface area contributed by atoms with Crippen molar-refractivity contribution < 1.29 is 9.90 Å². The Morgan fingerprint density at radius 2 is 1.93 bits per heavy atom. The highest BCUT2D eigenvalue weighted by Gasteiger charge is 2.07. The highest BCUT2D eigenvalue weighted by atomic mass is 32.1.